The van der Waals surface area contributed by atoms with Crippen molar-refractivity contribution in [3.8, 4) is 5.75 Å². The van der Waals surface area contributed by atoms with Gasteiger partial charge >= 0.3 is 0 Å². The van der Waals surface area contributed by atoms with Gasteiger partial charge in [-0.05, 0) is 26.2 Å². The zero-order chi connectivity index (χ0) is 13.2. The summed E-state index contributed by atoms with van der Waals surface area (Å²) in [5.74, 6) is 0.914. The van der Waals surface area contributed by atoms with Crippen molar-refractivity contribution in [3.05, 3.63) is 23.5 Å². The Morgan fingerprint density at radius 1 is 1.30 bits per heavy atom. The smallest absolute Gasteiger partial charge is 0.122 e. The monoisotopic (exact) mass is 297 g/mol. The zero-order valence-electron chi connectivity index (χ0n) is 12.3. The van der Waals surface area contributed by atoms with E-state index in [1.165, 1.54) is 25.8 Å². The van der Waals surface area contributed by atoms with E-state index < -0.39 is 0 Å². The van der Waals surface area contributed by atoms with Crippen LogP contribution >= 0.6 is 12.4 Å². The third kappa shape index (κ3) is 3.62. The zero-order valence-corrected chi connectivity index (χ0v) is 13.1. The molecule has 2 aliphatic rings. The SMILES string of the molecule is COc1cc(C)nc(CN2CCC3CCC(C2)N3)c1.Cl. The molecule has 2 unspecified atom stereocenters. The van der Waals surface area contributed by atoms with Crippen LogP contribution in [-0.4, -0.2) is 42.2 Å². The lowest BCUT2D eigenvalue weighted by Crippen LogP contribution is -2.35. The van der Waals surface area contributed by atoms with Crippen LogP contribution in [0.1, 0.15) is 30.7 Å². The molecule has 20 heavy (non-hydrogen) atoms. The summed E-state index contributed by atoms with van der Waals surface area (Å²) in [6.07, 6.45) is 3.94. The number of aromatic nitrogens is 1. The molecule has 1 aromatic rings. The maximum Gasteiger partial charge on any atom is 0.122 e. The highest BCUT2D eigenvalue weighted by atomic mass is 35.5. The van der Waals surface area contributed by atoms with Crippen molar-refractivity contribution in [2.75, 3.05) is 20.2 Å². The number of nitrogens with one attached hydrogen (secondary N) is 1. The molecular weight excluding hydrogens is 274 g/mol. The topological polar surface area (TPSA) is 37.4 Å². The third-order valence-electron chi connectivity index (χ3n) is 4.21. The van der Waals surface area contributed by atoms with Crippen LogP contribution in [0.25, 0.3) is 0 Å². The summed E-state index contributed by atoms with van der Waals surface area (Å²) in [5.41, 5.74) is 2.15. The molecule has 2 bridgehead atoms. The number of pyridine rings is 1. The van der Waals surface area contributed by atoms with E-state index in [1.807, 2.05) is 13.0 Å². The molecule has 0 radical (unpaired) electrons. The van der Waals surface area contributed by atoms with Gasteiger partial charge in [0.25, 0.3) is 0 Å². The first-order chi connectivity index (χ1) is 9.22. The average molecular weight is 298 g/mol. The van der Waals surface area contributed by atoms with Gasteiger partial charge in [0.1, 0.15) is 5.75 Å². The van der Waals surface area contributed by atoms with Gasteiger partial charge in [0.15, 0.2) is 0 Å². The van der Waals surface area contributed by atoms with Crippen molar-refractivity contribution >= 4 is 12.4 Å². The van der Waals surface area contributed by atoms with Crippen LogP contribution in [0.3, 0.4) is 0 Å². The van der Waals surface area contributed by atoms with Gasteiger partial charge in [0.2, 0.25) is 0 Å². The molecule has 4 nitrogen and oxygen atoms in total. The predicted octanol–water partition coefficient (Wildman–Crippen LogP) is 2.15. The molecule has 2 atom stereocenters. The molecule has 0 spiro atoms. The molecule has 0 aromatic carbocycles. The molecule has 1 aromatic heterocycles. The van der Waals surface area contributed by atoms with Gasteiger partial charge in [-0.3, -0.25) is 9.88 Å². The molecule has 1 N–H and O–H groups in total. The summed E-state index contributed by atoms with van der Waals surface area (Å²) in [6, 6.07) is 5.47. The number of likely N-dealkylation sites (tertiary alicyclic amines) is 1. The Morgan fingerprint density at radius 3 is 2.90 bits per heavy atom. The minimum absolute atomic E-state index is 0. The number of ether oxygens (including phenoxy) is 1. The van der Waals surface area contributed by atoms with Crippen molar-refractivity contribution in [2.45, 2.75) is 44.8 Å². The first kappa shape index (κ1) is 15.5. The van der Waals surface area contributed by atoms with Crippen molar-refractivity contribution < 1.29 is 4.74 Å². The van der Waals surface area contributed by atoms with Gasteiger partial charge in [-0.1, -0.05) is 0 Å². The number of methoxy groups -OCH3 is 1. The number of aryl methyl sites for hydroxylation is 1. The number of hydrogen-bond acceptors (Lipinski definition) is 4. The molecule has 0 amide bonds. The summed E-state index contributed by atoms with van der Waals surface area (Å²) in [7, 11) is 1.72. The second-order valence-electron chi connectivity index (χ2n) is 5.80. The lowest BCUT2D eigenvalue weighted by atomic mass is 10.1. The minimum atomic E-state index is 0. The van der Waals surface area contributed by atoms with Crippen molar-refractivity contribution in [2.24, 2.45) is 0 Å². The van der Waals surface area contributed by atoms with Crippen LogP contribution in [0, 0.1) is 6.92 Å². The lowest BCUT2D eigenvalue weighted by molar-refractivity contribution is 0.247. The number of rotatable bonds is 3. The Morgan fingerprint density at radius 2 is 2.10 bits per heavy atom. The molecule has 2 saturated heterocycles. The van der Waals surface area contributed by atoms with E-state index >= 15 is 0 Å². The van der Waals surface area contributed by atoms with Crippen LogP contribution in [-0.2, 0) is 6.54 Å². The van der Waals surface area contributed by atoms with E-state index in [4.69, 9.17) is 4.74 Å². The van der Waals surface area contributed by atoms with E-state index in [0.29, 0.717) is 6.04 Å². The van der Waals surface area contributed by atoms with Gasteiger partial charge in [0.05, 0.1) is 12.8 Å². The predicted molar refractivity (Wildman–Crippen MR) is 82.6 cm³/mol. The highest BCUT2D eigenvalue weighted by molar-refractivity contribution is 5.85. The van der Waals surface area contributed by atoms with E-state index in [9.17, 15) is 0 Å². The largest absolute Gasteiger partial charge is 0.497 e. The Hall–Kier alpha value is -0.840. The molecule has 3 rings (SSSR count). The molecular formula is C15H24ClN3O. The lowest BCUT2D eigenvalue weighted by Gasteiger charge is -2.23. The van der Waals surface area contributed by atoms with Crippen LogP contribution in [0.4, 0.5) is 0 Å². The Balaban J connectivity index is 0.00000147. The van der Waals surface area contributed by atoms with Gasteiger partial charge in [-0.25, -0.2) is 0 Å². The van der Waals surface area contributed by atoms with E-state index in [-0.39, 0.29) is 12.4 Å². The summed E-state index contributed by atoms with van der Waals surface area (Å²) < 4.78 is 5.33. The molecule has 5 heteroatoms. The van der Waals surface area contributed by atoms with Gasteiger partial charge < -0.3 is 10.1 Å². The normalized spacial score (nSPS) is 25.9. The fourth-order valence-electron chi connectivity index (χ4n) is 3.29. The van der Waals surface area contributed by atoms with Crippen LogP contribution < -0.4 is 10.1 Å². The fourth-order valence-corrected chi connectivity index (χ4v) is 3.29. The van der Waals surface area contributed by atoms with Crippen molar-refractivity contribution in [3.63, 3.8) is 0 Å². The van der Waals surface area contributed by atoms with Gasteiger partial charge in [-0.2, -0.15) is 0 Å². The quantitative estimate of drug-likeness (QED) is 0.928. The summed E-state index contributed by atoms with van der Waals surface area (Å²) in [6.45, 7) is 5.28. The van der Waals surface area contributed by atoms with Crippen LogP contribution in [0.5, 0.6) is 5.75 Å². The molecule has 0 saturated carbocycles. The molecule has 2 fully saturated rings. The van der Waals surface area contributed by atoms with E-state index in [2.05, 4.69) is 21.3 Å². The second-order valence-corrected chi connectivity index (χ2v) is 5.80. The number of nitrogens with zero attached hydrogens (tertiary/aromatic N) is 2. The Labute approximate surface area is 127 Å². The van der Waals surface area contributed by atoms with Gasteiger partial charge in [0, 0.05) is 49.5 Å². The van der Waals surface area contributed by atoms with Gasteiger partial charge in [-0.15, -0.1) is 12.4 Å². The molecule has 2 aliphatic heterocycles. The van der Waals surface area contributed by atoms with Crippen molar-refractivity contribution in [1.82, 2.24) is 15.2 Å². The highest BCUT2D eigenvalue weighted by Crippen LogP contribution is 2.22. The minimum Gasteiger partial charge on any atom is -0.497 e. The van der Waals surface area contributed by atoms with E-state index in [0.717, 1.165) is 36.3 Å². The summed E-state index contributed by atoms with van der Waals surface area (Å²) in [4.78, 5) is 7.15. The van der Waals surface area contributed by atoms with Crippen LogP contribution in [0.2, 0.25) is 0 Å². The molecule has 112 valence electrons. The molecule has 3 heterocycles. The number of fused-ring (bicyclic) bond motifs is 2. The Bertz CT molecular complexity index is 455. The maximum atomic E-state index is 5.33. The molecule has 0 aliphatic carbocycles. The Kier molecular flexibility index (Phi) is 5.24. The highest BCUT2D eigenvalue weighted by Gasteiger charge is 2.29. The van der Waals surface area contributed by atoms with Crippen LogP contribution in [0.15, 0.2) is 12.1 Å². The number of halogens is 1. The summed E-state index contributed by atoms with van der Waals surface area (Å²) >= 11 is 0. The first-order valence-corrected chi connectivity index (χ1v) is 7.23. The van der Waals surface area contributed by atoms with E-state index in [1.54, 1.807) is 7.11 Å². The summed E-state index contributed by atoms with van der Waals surface area (Å²) in [5, 5.41) is 3.72. The maximum absolute atomic E-state index is 5.33. The second kappa shape index (κ2) is 6.74. The first-order valence-electron chi connectivity index (χ1n) is 7.23. The third-order valence-corrected chi connectivity index (χ3v) is 4.21. The average Bonchev–Trinajstić information content (AvgIpc) is 2.72. The fraction of sp³-hybridized carbons (Fsp3) is 0.667. The number of hydrogen-bond donors (Lipinski definition) is 1. The standard InChI is InChI=1S/C15H23N3O.ClH/c1-11-7-15(19-2)8-14(16-11)10-18-6-5-12-3-4-13(9-18)17-12;/h7-8,12-13,17H,3-6,9-10H2,1-2H3;1H. The van der Waals surface area contributed by atoms with Crippen molar-refractivity contribution in [1.29, 1.82) is 0 Å².